The van der Waals surface area contributed by atoms with Crippen LogP contribution in [0.15, 0.2) is 34.0 Å². The van der Waals surface area contributed by atoms with Gasteiger partial charge in [0.2, 0.25) is 0 Å². The second kappa shape index (κ2) is 5.62. The van der Waals surface area contributed by atoms with E-state index in [2.05, 4.69) is 14.9 Å². The Kier molecular flexibility index (Phi) is 4.05. The third-order valence-corrected chi connectivity index (χ3v) is 4.04. The van der Waals surface area contributed by atoms with Crippen LogP contribution in [0.2, 0.25) is 0 Å². The Morgan fingerprint density at radius 3 is 2.67 bits per heavy atom. The molecule has 2 rings (SSSR count). The first-order valence-electron chi connectivity index (χ1n) is 5.82. The third-order valence-electron chi connectivity index (χ3n) is 2.70. The van der Waals surface area contributed by atoms with Crippen LogP contribution in [0, 0.1) is 12.7 Å². The van der Waals surface area contributed by atoms with Crippen molar-refractivity contribution in [3.8, 4) is 0 Å². The number of sulfonamides is 1. The number of nitrogens with zero attached hydrogens (tertiary/aromatic N) is 1. The summed E-state index contributed by atoms with van der Waals surface area (Å²) in [5.41, 5.74) is -0.501. The van der Waals surface area contributed by atoms with E-state index in [1.807, 2.05) is 0 Å². The topological polar surface area (TPSA) is 112 Å². The van der Waals surface area contributed by atoms with Gasteiger partial charge < -0.3 is 5.11 Å². The fourth-order valence-corrected chi connectivity index (χ4v) is 2.81. The van der Waals surface area contributed by atoms with Crippen molar-refractivity contribution in [3.05, 3.63) is 51.6 Å². The van der Waals surface area contributed by atoms with Gasteiger partial charge in [0, 0.05) is 11.6 Å². The molecule has 0 unspecified atom stereocenters. The Balaban J connectivity index is 2.42. The first-order valence-corrected chi connectivity index (χ1v) is 7.30. The molecule has 1 aromatic heterocycles. The number of halogens is 1. The molecule has 21 heavy (non-hydrogen) atoms. The van der Waals surface area contributed by atoms with E-state index in [1.165, 1.54) is 13.0 Å². The number of H-pyrrole nitrogens is 1. The zero-order chi connectivity index (χ0) is 15.6. The van der Waals surface area contributed by atoms with Crippen molar-refractivity contribution in [1.82, 2.24) is 10.2 Å². The summed E-state index contributed by atoms with van der Waals surface area (Å²) in [5, 5.41) is 14.7. The molecule has 0 bridgehead atoms. The molecule has 0 amide bonds. The lowest BCUT2D eigenvalue weighted by molar-refractivity contribution is 0.275. The summed E-state index contributed by atoms with van der Waals surface area (Å²) < 4.78 is 40.1. The number of aliphatic hydroxyl groups is 1. The molecule has 0 saturated heterocycles. The number of nitrogens with one attached hydrogen (secondary N) is 2. The highest BCUT2D eigenvalue weighted by Crippen LogP contribution is 2.21. The van der Waals surface area contributed by atoms with Crippen molar-refractivity contribution in [3.63, 3.8) is 0 Å². The summed E-state index contributed by atoms with van der Waals surface area (Å²) in [5.74, 6) is -0.735. The van der Waals surface area contributed by atoms with E-state index in [0.717, 1.165) is 18.2 Å². The average molecular weight is 313 g/mol. The zero-order valence-corrected chi connectivity index (χ0v) is 11.7. The summed E-state index contributed by atoms with van der Waals surface area (Å²) in [4.78, 5) is 10.6. The van der Waals surface area contributed by atoms with Crippen LogP contribution in [0.4, 0.5) is 10.2 Å². The van der Waals surface area contributed by atoms with Gasteiger partial charge in [-0.15, -0.1) is 0 Å². The van der Waals surface area contributed by atoms with Crippen LogP contribution < -0.4 is 10.3 Å². The Morgan fingerprint density at radius 1 is 1.38 bits per heavy atom. The van der Waals surface area contributed by atoms with Crippen molar-refractivity contribution >= 4 is 15.8 Å². The van der Waals surface area contributed by atoms with Gasteiger partial charge in [-0.3, -0.25) is 9.52 Å². The second-order valence-electron chi connectivity index (χ2n) is 4.28. The maximum absolute atomic E-state index is 13.6. The van der Waals surface area contributed by atoms with Crippen LogP contribution in [-0.4, -0.2) is 23.7 Å². The Morgan fingerprint density at radius 2 is 2.10 bits per heavy atom. The molecule has 1 heterocycles. The van der Waals surface area contributed by atoms with Gasteiger partial charge in [0.05, 0.1) is 11.5 Å². The number of benzene rings is 1. The van der Waals surface area contributed by atoms with E-state index in [4.69, 9.17) is 5.11 Å². The molecule has 2 aromatic rings. The van der Waals surface area contributed by atoms with Gasteiger partial charge in [-0.25, -0.2) is 17.9 Å². The molecule has 0 aliphatic heterocycles. The SMILES string of the molecule is Cc1cc(S(=O)(=O)Nc2ccc(=O)[nH]n2)cc(CO)c1F. The number of aliphatic hydroxyl groups excluding tert-OH is 1. The van der Waals surface area contributed by atoms with Crippen LogP contribution in [0.3, 0.4) is 0 Å². The maximum Gasteiger partial charge on any atom is 0.264 e. The lowest BCUT2D eigenvalue weighted by Gasteiger charge is -2.10. The summed E-state index contributed by atoms with van der Waals surface area (Å²) in [6, 6.07) is 4.48. The number of anilines is 1. The van der Waals surface area contributed by atoms with Crippen molar-refractivity contribution < 1.29 is 17.9 Å². The molecular formula is C12H12FN3O4S. The standard InChI is InChI=1S/C12H12FN3O4S/c1-7-4-9(5-8(6-17)12(7)13)21(19,20)16-10-2-3-11(18)15-14-10/h2-5,17H,6H2,1H3,(H,14,16)(H,15,18). The number of hydrogen-bond donors (Lipinski definition) is 3. The largest absolute Gasteiger partial charge is 0.392 e. The van der Waals surface area contributed by atoms with E-state index in [0.29, 0.717) is 0 Å². The molecule has 0 aliphatic rings. The minimum atomic E-state index is -4.01. The van der Waals surface area contributed by atoms with Gasteiger partial charge in [-0.1, -0.05) is 0 Å². The van der Waals surface area contributed by atoms with Gasteiger partial charge in [0.25, 0.3) is 15.6 Å². The molecule has 0 aliphatic carbocycles. The van der Waals surface area contributed by atoms with Crippen LogP contribution >= 0.6 is 0 Å². The van der Waals surface area contributed by atoms with Gasteiger partial charge in [0.1, 0.15) is 5.82 Å². The minimum absolute atomic E-state index is 0.0814. The van der Waals surface area contributed by atoms with Gasteiger partial charge in [-0.2, -0.15) is 5.10 Å². The smallest absolute Gasteiger partial charge is 0.264 e. The van der Waals surface area contributed by atoms with Crippen molar-refractivity contribution in [1.29, 1.82) is 0 Å². The fraction of sp³-hybridized carbons (Fsp3) is 0.167. The quantitative estimate of drug-likeness (QED) is 0.761. The van der Waals surface area contributed by atoms with E-state index >= 15 is 0 Å². The highest BCUT2D eigenvalue weighted by Gasteiger charge is 2.18. The highest BCUT2D eigenvalue weighted by atomic mass is 32.2. The Labute approximate surface area is 119 Å². The first-order chi connectivity index (χ1) is 9.83. The predicted octanol–water partition coefficient (Wildman–Crippen LogP) is 0.511. The van der Waals surface area contributed by atoms with E-state index in [9.17, 15) is 17.6 Å². The van der Waals surface area contributed by atoms with Crippen molar-refractivity contribution in [2.45, 2.75) is 18.4 Å². The van der Waals surface area contributed by atoms with E-state index in [-0.39, 0.29) is 21.8 Å². The predicted molar refractivity (Wildman–Crippen MR) is 72.7 cm³/mol. The summed E-state index contributed by atoms with van der Waals surface area (Å²) in [6.07, 6.45) is 0. The van der Waals surface area contributed by atoms with Crippen molar-refractivity contribution in [2.75, 3.05) is 4.72 Å². The number of hydrogen-bond acceptors (Lipinski definition) is 5. The number of aromatic amines is 1. The Hall–Kier alpha value is -2.26. The average Bonchev–Trinajstić information content (AvgIpc) is 2.44. The lowest BCUT2D eigenvalue weighted by atomic mass is 10.1. The first kappa shape index (κ1) is 15.1. The third kappa shape index (κ3) is 3.26. The second-order valence-corrected chi connectivity index (χ2v) is 5.97. The molecule has 0 spiro atoms. The maximum atomic E-state index is 13.6. The zero-order valence-electron chi connectivity index (χ0n) is 10.9. The Bertz CT molecular complexity index is 812. The van der Waals surface area contributed by atoms with Crippen LogP contribution in [0.1, 0.15) is 11.1 Å². The molecule has 7 nitrogen and oxygen atoms in total. The van der Waals surface area contributed by atoms with Crippen molar-refractivity contribution in [2.24, 2.45) is 0 Å². The normalized spacial score (nSPS) is 11.4. The van der Waals surface area contributed by atoms with Crippen LogP contribution in [0.25, 0.3) is 0 Å². The summed E-state index contributed by atoms with van der Waals surface area (Å²) in [6.45, 7) is 0.776. The number of aromatic nitrogens is 2. The molecular weight excluding hydrogens is 301 g/mol. The molecule has 0 saturated carbocycles. The summed E-state index contributed by atoms with van der Waals surface area (Å²) in [7, 11) is -4.01. The summed E-state index contributed by atoms with van der Waals surface area (Å²) >= 11 is 0. The number of aryl methyl sites for hydroxylation is 1. The highest BCUT2D eigenvalue weighted by molar-refractivity contribution is 7.92. The molecule has 112 valence electrons. The lowest BCUT2D eigenvalue weighted by Crippen LogP contribution is -2.17. The van der Waals surface area contributed by atoms with Crippen LogP contribution in [0.5, 0.6) is 0 Å². The van der Waals surface area contributed by atoms with Gasteiger partial charge in [0.15, 0.2) is 5.82 Å². The molecule has 9 heteroatoms. The molecule has 3 N–H and O–H groups in total. The van der Waals surface area contributed by atoms with E-state index in [1.54, 1.807) is 0 Å². The fourth-order valence-electron chi connectivity index (χ4n) is 1.67. The molecule has 0 radical (unpaired) electrons. The monoisotopic (exact) mass is 313 g/mol. The van der Waals surface area contributed by atoms with Gasteiger partial charge in [-0.05, 0) is 30.7 Å². The molecule has 1 aromatic carbocycles. The van der Waals surface area contributed by atoms with E-state index < -0.39 is 28.0 Å². The van der Waals surface area contributed by atoms with Gasteiger partial charge >= 0.3 is 0 Å². The van der Waals surface area contributed by atoms with Crippen LogP contribution in [-0.2, 0) is 16.6 Å². The molecule has 0 fully saturated rings. The minimum Gasteiger partial charge on any atom is -0.392 e. The molecule has 0 atom stereocenters. The number of rotatable bonds is 4.